The third-order valence-electron chi connectivity index (χ3n) is 4.09. The summed E-state index contributed by atoms with van der Waals surface area (Å²) in [6.07, 6.45) is 0.169. The Hall–Kier alpha value is -3.10. The van der Waals surface area contributed by atoms with Crippen molar-refractivity contribution in [1.29, 1.82) is 0 Å². The van der Waals surface area contributed by atoms with E-state index >= 15 is 0 Å². The lowest BCUT2D eigenvalue weighted by Crippen LogP contribution is -2.20. The number of pyridine rings is 2. The number of aryl methyl sites for hydroxylation is 1. The normalized spacial score (nSPS) is 11.7. The van der Waals surface area contributed by atoms with E-state index in [0.29, 0.717) is 22.3 Å². The molecule has 3 aromatic heterocycles. The van der Waals surface area contributed by atoms with E-state index < -0.39 is 18.7 Å². The number of fused-ring (bicyclic) bond motifs is 1. The fourth-order valence-electron chi connectivity index (χ4n) is 2.77. The third-order valence-corrected chi connectivity index (χ3v) is 4.09. The SMILES string of the molecule is Cc1cnc2c(C(N)=O)cn(Cc3nccc(OCC(F)(F)F)c3C)c2c1. The Balaban J connectivity index is 1.98. The number of carbonyl (C=O) groups is 1. The van der Waals surface area contributed by atoms with Gasteiger partial charge in [-0.05, 0) is 31.5 Å². The zero-order chi connectivity index (χ0) is 19.8. The molecule has 142 valence electrons. The van der Waals surface area contributed by atoms with Crippen molar-refractivity contribution in [2.45, 2.75) is 26.6 Å². The van der Waals surface area contributed by atoms with Crippen molar-refractivity contribution < 1.29 is 22.7 Å². The molecule has 0 atom stereocenters. The number of alkyl halides is 3. The number of amides is 1. The van der Waals surface area contributed by atoms with Gasteiger partial charge in [-0.2, -0.15) is 13.2 Å². The Morgan fingerprint density at radius 1 is 1.30 bits per heavy atom. The van der Waals surface area contributed by atoms with E-state index in [4.69, 9.17) is 10.5 Å². The van der Waals surface area contributed by atoms with Crippen LogP contribution in [0.4, 0.5) is 13.2 Å². The number of rotatable bonds is 5. The van der Waals surface area contributed by atoms with Crippen molar-refractivity contribution in [3.63, 3.8) is 0 Å². The predicted octanol–water partition coefficient (Wildman–Crippen LogP) is 3.14. The van der Waals surface area contributed by atoms with E-state index in [1.807, 2.05) is 13.0 Å². The molecule has 27 heavy (non-hydrogen) atoms. The van der Waals surface area contributed by atoms with E-state index in [0.717, 1.165) is 5.56 Å². The first-order valence-corrected chi connectivity index (χ1v) is 8.05. The lowest BCUT2D eigenvalue weighted by Gasteiger charge is -2.14. The first-order chi connectivity index (χ1) is 12.7. The van der Waals surface area contributed by atoms with Crippen molar-refractivity contribution in [3.05, 3.63) is 53.1 Å². The molecule has 0 unspecified atom stereocenters. The highest BCUT2D eigenvalue weighted by Gasteiger charge is 2.29. The van der Waals surface area contributed by atoms with Gasteiger partial charge < -0.3 is 15.0 Å². The minimum atomic E-state index is -4.42. The second-order valence-electron chi connectivity index (χ2n) is 6.20. The molecule has 2 N–H and O–H groups in total. The number of aromatic nitrogens is 3. The van der Waals surface area contributed by atoms with Crippen LogP contribution in [0.15, 0.2) is 30.7 Å². The molecule has 0 aromatic carbocycles. The highest BCUT2D eigenvalue weighted by Crippen LogP contribution is 2.26. The van der Waals surface area contributed by atoms with Gasteiger partial charge in [0.15, 0.2) is 6.61 Å². The number of nitrogens with zero attached hydrogens (tertiary/aromatic N) is 3. The van der Waals surface area contributed by atoms with Crippen LogP contribution in [0, 0.1) is 13.8 Å². The summed E-state index contributed by atoms with van der Waals surface area (Å²) in [5.74, 6) is -0.500. The average Bonchev–Trinajstić information content (AvgIpc) is 2.93. The molecule has 0 aliphatic rings. The van der Waals surface area contributed by atoms with Gasteiger partial charge in [-0.1, -0.05) is 0 Å². The molecule has 9 heteroatoms. The van der Waals surface area contributed by atoms with Crippen molar-refractivity contribution >= 4 is 16.9 Å². The molecule has 0 aliphatic heterocycles. The van der Waals surface area contributed by atoms with Crippen molar-refractivity contribution in [1.82, 2.24) is 14.5 Å². The summed E-state index contributed by atoms with van der Waals surface area (Å²) in [4.78, 5) is 20.2. The van der Waals surface area contributed by atoms with Gasteiger partial charge in [0.25, 0.3) is 5.91 Å². The molecule has 0 bridgehead atoms. The van der Waals surface area contributed by atoms with Gasteiger partial charge in [0.1, 0.15) is 11.3 Å². The fourth-order valence-corrected chi connectivity index (χ4v) is 2.77. The number of halogens is 3. The molecule has 6 nitrogen and oxygen atoms in total. The maximum atomic E-state index is 12.4. The first kappa shape index (κ1) is 18.7. The standard InChI is InChI=1S/C18H17F3N4O2/c1-10-5-14-16(24-6-10)12(17(22)26)7-25(14)8-13-11(2)15(3-4-23-13)27-9-18(19,20)21/h3-7H,8-9H2,1-2H3,(H2,22,26). The van der Waals surface area contributed by atoms with Crippen molar-refractivity contribution in [2.75, 3.05) is 6.61 Å². The quantitative estimate of drug-likeness (QED) is 0.739. The van der Waals surface area contributed by atoms with Crippen LogP contribution < -0.4 is 10.5 Å². The van der Waals surface area contributed by atoms with Crippen LogP contribution in [0.25, 0.3) is 11.0 Å². The van der Waals surface area contributed by atoms with E-state index in [2.05, 4.69) is 9.97 Å². The summed E-state index contributed by atoms with van der Waals surface area (Å²) in [5.41, 5.74) is 8.75. The smallest absolute Gasteiger partial charge is 0.422 e. The summed E-state index contributed by atoms with van der Waals surface area (Å²) in [6.45, 7) is 2.35. The lowest BCUT2D eigenvalue weighted by atomic mass is 10.2. The van der Waals surface area contributed by atoms with Gasteiger partial charge in [0.05, 0.1) is 23.3 Å². The van der Waals surface area contributed by atoms with Crippen LogP contribution in [0.2, 0.25) is 0 Å². The van der Waals surface area contributed by atoms with Crippen molar-refractivity contribution in [2.24, 2.45) is 5.73 Å². The van der Waals surface area contributed by atoms with Crippen LogP contribution in [0.5, 0.6) is 5.75 Å². The van der Waals surface area contributed by atoms with Crippen molar-refractivity contribution in [3.8, 4) is 5.75 Å². The molecule has 3 heterocycles. The summed E-state index contributed by atoms with van der Waals surface area (Å²) >= 11 is 0. The van der Waals surface area contributed by atoms with E-state index in [9.17, 15) is 18.0 Å². The third kappa shape index (κ3) is 4.02. The molecule has 0 saturated carbocycles. The van der Waals surface area contributed by atoms with Gasteiger partial charge in [-0.3, -0.25) is 14.8 Å². The number of ether oxygens (including phenoxy) is 1. The van der Waals surface area contributed by atoms with Gasteiger partial charge in [-0.15, -0.1) is 0 Å². The maximum absolute atomic E-state index is 12.4. The molecule has 0 saturated heterocycles. The predicted molar refractivity (Wildman–Crippen MR) is 92.6 cm³/mol. The number of carbonyl (C=O) groups excluding carboxylic acids is 1. The summed E-state index contributed by atoms with van der Waals surface area (Å²) in [7, 11) is 0. The molecule has 0 aliphatic carbocycles. The van der Waals surface area contributed by atoms with Crippen LogP contribution in [-0.4, -0.2) is 33.2 Å². The summed E-state index contributed by atoms with van der Waals surface area (Å²) < 4.78 is 43.9. The van der Waals surface area contributed by atoms with Gasteiger partial charge >= 0.3 is 6.18 Å². The topological polar surface area (TPSA) is 83.0 Å². The average molecular weight is 378 g/mol. The molecule has 3 rings (SSSR count). The summed E-state index contributed by atoms with van der Waals surface area (Å²) in [5, 5.41) is 0. The van der Waals surface area contributed by atoms with Gasteiger partial charge in [0, 0.05) is 24.2 Å². The molecular weight excluding hydrogens is 361 g/mol. The second-order valence-corrected chi connectivity index (χ2v) is 6.20. The molecular formula is C18H17F3N4O2. The molecule has 0 radical (unpaired) electrons. The van der Waals surface area contributed by atoms with Crippen LogP contribution in [0.3, 0.4) is 0 Å². The van der Waals surface area contributed by atoms with Crippen LogP contribution in [0.1, 0.15) is 27.2 Å². The molecule has 3 aromatic rings. The Morgan fingerprint density at radius 2 is 2.04 bits per heavy atom. The Bertz CT molecular complexity index is 1010. The number of hydrogen-bond donors (Lipinski definition) is 1. The van der Waals surface area contributed by atoms with Crippen LogP contribution in [-0.2, 0) is 6.54 Å². The zero-order valence-corrected chi connectivity index (χ0v) is 14.7. The number of primary amides is 1. The van der Waals surface area contributed by atoms with E-state index in [-0.39, 0.29) is 17.9 Å². The molecule has 0 spiro atoms. The monoisotopic (exact) mass is 378 g/mol. The van der Waals surface area contributed by atoms with Gasteiger partial charge in [0.2, 0.25) is 0 Å². The minimum absolute atomic E-state index is 0.109. The lowest BCUT2D eigenvalue weighted by molar-refractivity contribution is -0.153. The largest absolute Gasteiger partial charge is 0.484 e. The minimum Gasteiger partial charge on any atom is -0.484 e. The Kier molecular flexibility index (Phi) is 4.77. The molecule has 0 fully saturated rings. The molecule has 1 amide bonds. The first-order valence-electron chi connectivity index (χ1n) is 8.05. The van der Waals surface area contributed by atoms with Gasteiger partial charge in [-0.25, -0.2) is 0 Å². The van der Waals surface area contributed by atoms with Crippen LogP contribution >= 0.6 is 0 Å². The Morgan fingerprint density at radius 3 is 2.70 bits per heavy atom. The Labute approximate surface area is 152 Å². The summed E-state index contributed by atoms with van der Waals surface area (Å²) in [6, 6.07) is 3.24. The maximum Gasteiger partial charge on any atom is 0.422 e. The van der Waals surface area contributed by atoms with E-state index in [1.165, 1.54) is 12.3 Å². The second kappa shape index (κ2) is 6.90. The zero-order valence-electron chi connectivity index (χ0n) is 14.7. The highest BCUT2D eigenvalue weighted by molar-refractivity contribution is 6.04. The fraction of sp³-hybridized carbons (Fsp3) is 0.278. The number of hydrogen-bond acceptors (Lipinski definition) is 4. The highest BCUT2D eigenvalue weighted by atomic mass is 19.4. The number of nitrogens with two attached hydrogens (primary N) is 1. The van der Waals surface area contributed by atoms with E-state index in [1.54, 1.807) is 23.9 Å².